The van der Waals surface area contributed by atoms with Gasteiger partial charge in [-0.3, -0.25) is 9.88 Å². The van der Waals surface area contributed by atoms with Crippen molar-refractivity contribution in [2.75, 3.05) is 30.2 Å². The van der Waals surface area contributed by atoms with Crippen LogP contribution in [-0.4, -0.2) is 41.0 Å². The van der Waals surface area contributed by atoms with E-state index < -0.39 is 6.93 Å². The van der Waals surface area contributed by atoms with Gasteiger partial charge < -0.3 is 10.6 Å². The van der Waals surface area contributed by atoms with Crippen LogP contribution >= 0.6 is 11.6 Å². The second-order valence-corrected chi connectivity index (χ2v) is 9.59. The summed E-state index contributed by atoms with van der Waals surface area (Å²) in [6, 6.07) is 10.4. The summed E-state index contributed by atoms with van der Waals surface area (Å²) in [4.78, 5) is 27.2. The van der Waals surface area contributed by atoms with Gasteiger partial charge in [-0.05, 0) is 42.8 Å². The molecule has 2 N–H and O–H groups in total. The Hall–Kier alpha value is -3.92. The van der Waals surface area contributed by atoms with Crippen LogP contribution in [0.1, 0.15) is 36.8 Å². The minimum absolute atomic E-state index is 0.183. The van der Waals surface area contributed by atoms with Crippen molar-refractivity contribution < 1.29 is 18.0 Å². The fourth-order valence-corrected chi connectivity index (χ4v) is 4.48. The van der Waals surface area contributed by atoms with Crippen LogP contribution in [0.3, 0.4) is 0 Å². The Morgan fingerprint density at radius 3 is 2.46 bits per heavy atom. The highest BCUT2D eigenvalue weighted by Gasteiger charge is 2.22. The fraction of sp³-hybridized carbons (Fsp3) is 0.286. The summed E-state index contributed by atoms with van der Waals surface area (Å²) < 4.78 is 34.0. The summed E-state index contributed by atoms with van der Waals surface area (Å²) in [5.41, 5.74) is 5.00. The molecule has 0 atom stereocenters. The van der Waals surface area contributed by atoms with Crippen molar-refractivity contribution in [1.29, 1.82) is 0 Å². The first-order valence-corrected chi connectivity index (χ1v) is 12.7. The molecule has 0 aliphatic carbocycles. The van der Waals surface area contributed by atoms with E-state index in [9.17, 15) is 18.0 Å². The smallest absolute Gasteiger partial charge is 0.321 e. The molecule has 1 fully saturated rings. The number of nitrogens with zero attached hydrogens (tertiary/aromatic N) is 4. The van der Waals surface area contributed by atoms with Crippen LogP contribution in [-0.2, 0) is 6.54 Å². The number of hydrogen-bond acceptors (Lipinski definition) is 5. The molecule has 1 aliphatic rings. The summed E-state index contributed by atoms with van der Waals surface area (Å²) in [6.07, 6.45) is 3.63. The van der Waals surface area contributed by atoms with E-state index in [4.69, 9.17) is 11.6 Å². The number of fused-ring (bicyclic) bond motifs is 1. The Kier molecular flexibility index (Phi) is 8.86. The van der Waals surface area contributed by atoms with Gasteiger partial charge in [0.15, 0.2) is 0 Å². The average molecular weight is 557 g/mol. The average Bonchev–Trinajstić information content (AvgIpc) is 3.36. The van der Waals surface area contributed by atoms with Crippen molar-refractivity contribution in [1.82, 2.24) is 20.3 Å². The molecule has 5 rings (SSSR count). The molecule has 0 unspecified atom stereocenters. The Labute approximate surface area is 229 Å². The molecule has 39 heavy (non-hydrogen) atoms. The summed E-state index contributed by atoms with van der Waals surface area (Å²) in [5.74, 6) is 0.675. The van der Waals surface area contributed by atoms with Crippen molar-refractivity contribution in [3.8, 4) is 11.1 Å². The van der Waals surface area contributed by atoms with Crippen molar-refractivity contribution in [2.24, 2.45) is 0 Å². The van der Waals surface area contributed by atoms with Gasteiger partial charge in [0, 0.05) is 60.1 Å². The number of pyridine rings is 1. The van der Waals surface area contributed by atoms with Crippen molar-refractivity contribution in [3.05, 3.63) is 76.7 Å². The van der Waals surface area contributed by atoms with Gasteiger partial charge in [0.25, 0.3) is 0 Å². The first-order chi connectivity index (χ1) is 18.7. The van der Waals surface area contributed by atoms with E-state index in [0.717, 1.165) is 27.9 Å². The van der Waals surface area contributed by atoms with Gasteiger partial charge in [0.2, 0.25) is 6.93 Å². The quantitative estimate of drug-likeness (QED) is 0.269. The Morgan fingerprint density at radius 2 is 1.82 bits per heavy atom. The Bertz CT molecular complexity index is 1480. The first-order valence-electron chi connectivity index (χ1n) is 12.3. The number of aryl methyl sites for hydroxylation is 1. The number of amides is 2. The topological polar surface area (TPSA) is 83.0 Å². The molecule has 0 saturated carbocycles. The number of halogens is 4. The van der Waals surface area contributed by atoms with E-state index in [-0.39, 0.29) is 24.3 Å². The molecular weight excluding hydrogens is 529 g/mol. The fourth-order valence-electron chi connectivity index (χ4n) is 4.27. The number of benzene rings is 2. The SMILES string of the molecule is Cc1nc2ccc(-c3cnc(C(C)C)nc3)cc2c(NCc2cc(N3CCNC3=O)ccc2F)c1Cl.FCF. The number of hydrogen-bond donors (Lipinski definition) is 2. The van der Waals surface area contributed by atoms with Crippen LogP contribution in [0.5, 0.6) is 0 Å². The highest BCUT2D eigenvalue weighted by Crippen LogP contribution is 2.35. The predicted molar refractivity (Wildman–Crippen MR) is 148 cm³/mol. The molecule has 2 aromatic heterocycles. The monoisotopic (exact) mass is 556 g/mol. The van der Waals surface area contributed by atoms with Gasteiger partial charge in [-0.15, -0.1) is 0 Å². The number of carbonyl (C=O) groups excluding carboxylic acids is 1. The van der Waals surface area contributed by atoms with Crippen LogP contribution in [0.15, 0.2) is 48.8 Å². The molecule has 2 aromatic carbocycles. The summed E-state index contributed by atoms with van der Waals surface area (Å²) in [6.45, 7) is 5.49. The zero-order valence-corrected chi connectivity index (χ0v) is 22.5. The third kappa shape index (κ3) is 6.22. The molecule has 3 heterocycles. The molecule has 1 saturated heterocycles. The number of urea groups is 1. The van der Waals surface area contributed by atoms with Crippen molar-refractivity contribution in [3.63, 3.8) is 0 Å². The second kappa shape index (κ2) is 12.3. The van der Waals surface area contributed by atoms with Gasteiger partial charge >= 0.3 is 6.03 Å². The van der Waals surface area contributed by atoms with Gasteiger partial charge in [0.1, 0.15) is 11.6 Å². The molecular formula is C28H28ClF3N6O. The zero-order valence-electron chi connectivity index (χ0n) is 21.7. The minimum atomic E-state index is -1.75. The largest absolute Gasteiger partial charge is 0.379 e. The maximum absolute atomic E-state index is 14.7. The number of anilines is 2. The molecule has 0 radical (unpaired) electrons. The summed E-state index contributed by atoms with van der Waals surface area (Å²) >= 11 is 6.68. The third-order valence-corrected chi connectivity index (χ3v) is 6.73. The lowest BCUT2D eigenvalue weighted by atomic mass is 10.0. The van der Waals surface area contributed by atoms with Gasteiger partial charge in [-0.2, -0.15) is 0 Å². The number of carbonyl (C=O) groups is 1. The van der Waals surface area contributed by atoms with Gasteiger partial charge in [-0.25, -0.2) is 27.9 Å². The molecule has 204 valence electrons. The van der Waals surface area contributed by atoms with E-state index in [2.05, 4.69) is 39.4 Å². The molecule has 0 bridgehead atoms. The summed E-state index contributed by atoms with van der Waals surface area (Å²) in [7, 11) is 0. The van der Waals surface area contributed by atoms with E-state index in [1.54, 1.807) is 17.0 Å². The van der Waals surface area contributed by atoms with Crippen LogP contribution in [0.25, 0.3) is 22.0 Å². The van der Waals surface area contributed by atoms with E-state index in [0.29, 0.717) is 40.7 Å². The highest BCUT2D eigenvalue weighted by atomic mass is 35.5. The van der Waals surface area contributed by atoms with Crippen LogP contribution < -0.4 is 15.5 Å². The first kappa shape index (κ1) is 28.1. The normalized spacial score (nSPS) is 12.9. The van der Waals surface area contributed by atoms with Crippen LogP contribution in [0.2, 0.25) is 5.02 Å². The molecule has 11 heteroatoms. The van der Waals surface area contributed by atoms with Gasteiger partial charge in [-0.1, -0.05) is 31.5 Å². The molecule has 0 spiro atoms. The molecule has 4 aromatic rings. The molecule has 1 aliphatic heterocycles. The number of aromatic nitrogens is 3. The molecule has 2 amide bonds. The van der Waals surface area contributed by atoms with E-state index >= 15 is 0 Å². The molecule has 7 nitrogen and oxygen atoms in total. The maximum atomic E-state index is 14.7. The zero-order chi connectivity index (χ0) is 28.1. The van der Waals surface area contributed by atoms with Crippen LogP contribution in [0, 0.1) is 12.7 Å². The van der Waals surface area contributed by atoms with Crippen molar-refractivity contribution in [2.45, 2.75) is 33.2 Å². The lowest BCUT2D eigenvalue weighted by molar-refractivity contribution is 0.252. The Morgan fingerprint density at radius 1 is 1.10 bits per heavy atom. The summed E-state index contributed by atoms with van der Waals surface area (Å²) in [5, 5.41) is 7.37. The van der Waals surface area contributed by atoms with Crippen LogP contribution in [0.4, 0.5) is 29.3 Å². The third-order valence-electron chi connectivity index (χ3n) is 6.27. The van der Waals surface area contributed by atoms with Gasteiger partial charge in [0.05, 0.1) is 21.9 Å². The predicted octanol–water partition coefficient (Wildman–Crippen LogP) is 6.94. The minimum Gasteiger partial charge on any atom is -0.379 e. The maximum Gasteiger partial charge on any atom is 0.321 e. The van der Waals surface area contributed by atoms with E-state index in [1.807, 2.05) is 37.5 Å². The van der Waals surface area contributed by atoms with Crippen molar-refractivity contribution >= 4 is 39.9 Å². The van der Waals surface area contributed by atoms with E-state index in [1.165, 1.54) is 6.07 Å². The lowest BCUT2D eigenvalue weighted by Crippen LogP contribution is -2.27. The number of alkyl halides is 2. The number of rotatable bonds is 6. The highest BCUT2D eigenvalue weighted by molar-refractivity contribution is 6.35. The Balaban J connectivity index is 0.00000112. The standard InChI is InChI=1S/C27H26ClFN6O.CH2F2/c1-15(2)26-32-13-19(14-33-26)17-4-7-23-21(11-17)25(24(28)16(3)34-23)31-12-18-10-20(5-6-22(18)29)35-9-8-30-27(35)36;2-1-3/h4-7,10-11,13-15H,8-9,12H2,1-3H3,(H,30,36)(H,31,34);1H2. The second-order valence-electron chi connectivity index (χ2n) is 9.22. The number of nitrogens with one attached hydrogen (secondary N) is 2. The lowest BCUT2D eigenvalue weighted by Gasteiger charge is -2.18.